The van der Waals surface area contributed by atoms with Crippen LogP contribution in [0.5, 0.6) is 0 Å². The average molecular weight is 253 g/mol. The molecular formula is C10H21BrS. The number of hydrogen-bond acceptors (Lipinski definition) is 1. The van der Waals surface area contributed by atoms with E-state index >= 15 is 0 Å². The summed E-state index contributed by atoms with van der Waals surface area (Å²) in [6.45, 7) is 4.59. The zero-order chi connectivity index (χ0) is 9.23. The van der Waals surface area contributed by atoms with Gasteiger partial charge in [-0.3, -0.25) is 0 Å². The van der Waals surface area contributed by atoms with Crippen molar-refractivity contribution in [3.8, 4) is 0 Å². The molecule has 0 fully saturated rings. The Kier molecular flexibility index (Phi) is 10.6. The van der Waals surface area contributed by atoms with Crippen LogP contribution >= 0.6 is 27.7 Å². The van der Waals surface area contributed by atoms with Crippen LogP contribution in [0.1, 0.15) is 39.5 Å². The van der Waals surface area contributed by atoms with Crippen LogP contribution < -0.4 is 0 Å². The monoisotopic (exact) mass is 252 g/mol. The smallest absolute Gasteiger partial charge is 0.00313 e. The fourth-order valence-corrected chi connectivity index (χ4v) is 2.54. The highest BCUT2D eigenvalue weighted by Gasteiger charge is 1.94. The Bertz CT molecular complexity index is 83.9. The highest BCUT2D eigenvalue weighted by molar-refractivity contribution is 9.09. The molecule has 0 aliphatic rings. The van der Waals surface area contributed by atoms with Gasteiger partial charge in [0.1, 0.15) is 0 Å². The molecule has 0 atom stereocenters. The van der Waals surface area contributed by atoms with E-state index in [4.69, 9.17) is 0 Å². The van der Waals surface area contributed by atoms with Gasteiger partial charge >= 0.3 is 0 Å². The normalized spacial score (nSPS) is 11.0. The second-order valence-corrected chi connectivity index (χ2v) is 5.56. The van der Waals surface area contributed by atoms with Gasteiger partial charge in [0, 0.05) is 5.33 Å². The molecular weight excluding hydrogens is 232 g/mol. The Morgan fingerprint density at radius 2 is 1.83 bits per heavy atom. The maximum atomic E-state index is 3.44. The van der Waals surface area contributed by atoms with E-state index in [0.717, 1.165) is 5.92 Å². The lowest BCUT2D eigenvalue weighted by Gasteiger charge is -2.03. The van der Waals surface area contributed by atoms with Gasteiger partial charge in [-0.1, -0.05) is 36.2 Å². The minimum atomic E-state index is 0.875. The van der Waals surface area contributed by atoms with Crippen molar-refractivity contribution in [1.82, 2.24) is 0 Å². The lowest BCUT2D eigenvalue weighted by molar-refractivity contribution is 0.631. The molecule has 2 heteroatoms. The molecule has 0 aromatic heterocycles. The van der Waals surface area contributed by atoms with Crippen molar-refractivity contribution in [1.29, 1.82) is 0 Å². The fraction of sp³-hybridized carbons (Fsp3) is 1.00. The minimum Gasteiger partial charge on any atom is -0.162 e. The molecule has 0 nitrogen and oxygen atoms in total. The lowest BCUT2D eigenvalue weighted by Crippen LogP contribution is -1.91. The summed E-state index contributed by atoms with van der Waals surface area (Å²) in [6.07, 6.45) is 5.50. The van der Waals surface area contributed by atoms with Gasteiger partial charge in [0.05, 0.1) is 0 Å². The Hall–Kier alpha value is 0.830. The number of thioether (sulfide) groups is 1. The van der Waals surface area contributed by atoms with Crippen molar-refractivity contribution in [2.75, 3.05) is 16.8 Å². The van der Waals surface area contributed by atoms with Crippen LogP contribution in [0.3, 0.4) is 0 Å². The average Bonchev–Trinajstić information content (AvgIpc) is 2.02. The predicted octanol–water partition coefficient (Wildman–Crippen LogP) is 4.33. The first-order valence-electron chi connectivity index (χ1n) is 4.91. The molecule has 0 heterocycles. The van der Waals surface area contributed by atoms with Crippen molar-refractivity contribution in [2.45, 2.75) is 39.5 Å². The molecule has 0 amide bonds. The van der Waals surface area contributed by atoms with Crippen LogP contribution in [0.15, 0.2) is 0 Å². The zero-order valence-corrected chi connectivity index (χ0v) is 10.7. The number of hydrogen-bond donors (Lipinski definition) is 0. The van der Waals surface area contributed by atoms with Gasteiger partial charge < -0.3 is 0 Å². The quantitative estimate of drug-likeness (QED) is 0.458. The number of alkyl halides is 1. The van der Waals surface area contributed by atoms with Gasteiger partial charge in [0.25, 0.3) is 0 Å². The van der Waals surface area contributed by atoms with E-state index < -0.39 is 0 Å². The number of unbranched alkanes of at least 4 members (excludes halogenated alkanes) is 2. The third-order valence-electron chi connectivity index (χ3n) is 1.76. The second-order valence-electron chi connectivity index (χ2n) is 3.54. The van der Waals surface area contributed by atoms with Gasteiger partial charge in [-0.25, -0.2) is 0 Å². The van der Waals surface area contributed by atoms with Crippen molar-refractivity contribution >= 4 is 27.7 Å². The van der Waals surface area contributed by atoms with E-state index in [1.165, 1.54) is 42.5 Å². The summed E-state index contributed by atoms with van der Waals surface area (Å²) in [6, 6.07) is 0. The molecule has 0 aliphatic heterocycles. The molecule has 0 rings (SSSR count). The highest BCUT2D eigenvalue weighted by Crippen LogP contribution is 2.11. The lowest BCUT2D eigenvalue weighted by atomic mass is 10.2. The Labute approximate surface area is 90.0 Å². The van der Waals surface area contributed by atoms with Gasteiger partial charge in [-0.15, -0.1) is 0 Å². The van der Waals surface area contributed by atoms with E-state index in [-0.39, 0.29) is 0 Å². The van der Waals surface area contributed by atoms with Gasteiger partial charge in [0.15, 0.2) is 0 Å². The molecule has 0 N–H and O–H groups in total. The maximum Gasteiger partial charge on any atom is 0.00313 e. The standard InChI is InChI=1S/C10H21BrS/c1-10(2)6-9-12-8-5-3-4-7-11/h10H,3-9H2,1-2H3. The Balaban J connectivity index is 2.82. The first kappa shape index (κ1) is 12.8. The molecule has 0 aliphatic carbocycles. The molecule has 0 aromatic carbocycles. The molecule has 0 saturated carbocycles. The summed E-state index contributed by atoms with van der Waals surface area (Å²) < 4.78 is 0. The predicted molar refractivity (Wildman–Crippen MR) is 64.4 cm³/mol. The SMILES string of the molecule is CC(C)CCSCCCCCBr. The number of rotatable bonds is 8. The van der Waals surface area contributed by atoms with E-state index in [0.29, 0.717) is 0 Å². The molecule has 0 spiro atoms. The molecule has 0 radical (unpaired) electrons. The summed E-state index contributed by atoms with van der Waals surface area (Å²) in [5.41, 5.74) is 0. The second kappa shape index (κ2) is 9.91. The highest BCUT2D eigenvalue weighted by atomic mass is 79.9. The fourth-order valence-electron chi connectivity index (χ4n) is 0.896. The van der Waals surface area contributed by atoms with E-state index in [2.05, 4.69) is 41.5 Å². The molecule has 74 valence electrons. The summed E-state index contributed by atoms with van der Waals surface area (Å²) >= 11 is 5.56. The molecule has 0 unspecified atom stereocenters. The molecule has 0 saturated heterocycles. The van der Waals surface area contributed by atoms with Gasteiger partial charge in [-0.05, 0) is 36.7 Å². The Morgan fingerprint density at radius 1 is 1.08 bits per heavy atom. The Morgan fingerprint density at radius 3 is 2.42 bits per heavy atom. The maximum absolute atomic E-state index is 3.44. The first-order valence-corrected chi connectivity index (χ1v) is 7.18. The van der Waals surface area contributed by atoms with Crippen molar-refractivity contribution in [2.24, 2.45) is 5.92 Å². The van der Waals surface area contributed by atoms with Crippen molar-refractivity contribution < 1.29 is 0 Å². The van der Waals surface area contributed by atoms with Crippen molar-refractivity contribution in [3.05, 3.63) is 0 Å². The van der Waals surface area contributed by atoms with E-state index in [9.17, 15) is 0 Å². The van der Waals surface area contributed by atoms with Crippen LogP contribution in [0.2, 0.25) is 0 Å². The van der Waals surface area contributed by atoms with Crippen LogP contribution in [-0.4, -0.2) is 16.8 Å². The topological polar surface area (TPSA) is 0 Å². The minimum absolute atomic E-state index is 0.875. The third-order valence-corrected chi connectivity index (χ3v) is 3.42. The van der Waals surface area contributed by atoms with Crippen molar-refractivity contribution in [3.63, 3.8) is 0 Å². The first-order chi connectivity index (χ1) is 5.77. The van der Waals surface area contributed by atoms with E-state index in [1.807, 2.05) is 0 Å². The van der Waals surface area contributed by atoms with Crippen LogP contribution in [0.4, 0.5) is 0 Å². The van der Waals surface area contributed by atoms with Gasteiger partial charge in [-0.2, -0.15) is 11.8 Å². The third kappa shape index (κ3) is 10.8. The summed E-state index contributed by atoms with van der Waals surface area (Å²) in [5.74, 6) is 3.59. The number of halogens is 1. The molecule has 0 bridgehead atoms. The van der Waals surface area contributed by atoms with E-state index in [1.54, 1.807) is 0 Å². The largest absolute Gasteiger partial charge is 0.162 e. The summed E-state index contributed by atoms with van der Waals surface area (Å²) in [5, 5.41) is 1.17. The van der Waals surface area contributed by atoms with Gasteiger partial charge in [0.2, 0.25) is 0 Å². The summed E-state index contributed by atoms with van der Waals surface area (Å²) in [4.78, 5) is 0. The molecule has 0 aromatic rings. The van der Waals surface area contributed by atoms with Crippen LogP contribution in [0, 0.1) is 5.92 Å². The zero-order valence-electron chi connectivity index (χ0n) is 8.31. The van der Waals surface area contributed by atoms with Crippen LogP contribution in [0.25, 0.3) is 0 Å². The van der Waals surface area contributed by atoms with Crippen LogP contribution in [-0.2, 0) is 0 Å². The molecule has 12 heavy (non-hydrogen) atoms. The summed E-state index contributed by atoms with van der Waals surface area (Å²) in [7, 11) is 0.